The molecule has 0 saturated heterocycles. The SMILES string of the molecule is CCO[Si](C)(CCC(N)=O)OCC. The van der Waals surface area contributed by atoms with Crippen molar-refractivity contribution in [2.24, 2.45) is 5.73 Å². The smallest absolute Gasteiger partial charge is 0.335 e. The van der Waals surface area contributed by atoms with Crippen LogP contribution in [0.25, 0.3) is 0 Å². The van der Waals surface area contributed by atoms with E-state index in [0.29, 0.717) is 25.7 Å². The normalized spacial score (nSPS) is 11.6. The molecule has 0 saturated carbocycles. The van der Waals surface area contributed by atoms with Gasteiger partial charge >= 0.3 is 8.56 Å². The molecule has 0 fully saturated rings. The first kappa shape index (κ1) is 12.6. The molecule has 0 bridgehead atoms. The first-order valence-electron chi connectivity index (χ1n) is 4.60. The highest BCUT2D eigenvalue weighted by atomic mass is 28.4. The second kappa shape index (κ2) is 6.12. The van der Waals surface area contributed by atoms with Gasteiger partial charge in [-0.1, -0.05) is 0 Å². The van der Waals surface area contributed by atoms with Crippen molar-refractivity contribution in [3.8, 4) is 0 Å². The van der Waals surface area contributed by atoms with Crippen LogP contribution in [0.15, 0.2) is 0 Å². The summed E-state index contributed by atoms with van der Waals surface area (Å²) in [7, 11) is -2.11. The van der Waals surface area contributed by atoms with Gasteiger partial charge in [-0.25, -0.2) is 0 Å². The lowest BCUT2D eigenvalue weighted by Crippen LogP contribution is -2.39. The zero-order chi connectivity index (χ0) is 10.3. The number of hydrogen-bond donors (Lipinski definition) is 1. The molecule has 0 aliphatic heterocycles. The third-order valence-electron chi connectivity index (χ3n) is 1.72. The Labute approximate surface area is 80.6 Å². The Morgan fingerprint density at radius 3 is 2.08 bits per heavy atom. The molecule has 0 unspecified atom stereocenters. The minimum absolute atomic E-state index is 0.293. The predicted octanol–water partition coefficient (Wildman–Crippen LogP) is 1.01. The Bertz CT molecular complexity index is 157. The fourth-order valence-corrected chi connectivity index (χ4v) is 3.44. The van der Waals surface area contributed by atoms with Crippen LogP contribution in [-0.4, -0.2) is 27.7 Å². The number of hydrogen-bond acceptors (Lipinski definition) is 3. The summed E-state index contributed by atoms with van der Waals surface area (Å²) in [6.07, 6.45) is 0.350. The first-order chi connectivity index (χ1) is 6.04. The maximum Gasteiger partial charge on any atom is 0.335 e. The average molecular weight is 205 g/mol. The van der Waals surface area contributed by atoms with E-state index in [9.17, 15) is 4.79 Å². The van der Waals surface area contributed by atoms with Crippen LogP contribution >= 0.6 is 0 Å². The average Bonchev–Trinajstić information content (AvgIpc) is 2.02. The van der Waals surface area contributed by atoms with E-state index in [1.807, 2.05) is 20.4 Å². The zero-order valence-corrected chi connectivity index (χ0v) is 9.63. The van der Waals surface area contributed by atoms with Crippen molar-refractivity contribution < 1.29 is 13.6 Å². The third kappa shape index (κ3) is 5.79. The molecule has 0 aromatic heterocycles. The van der Waals surface area contributed by atoms with Gasteiger partial charge in [-0.05, 0) is 26.4 Å². The molecule has 2 N–H and O–H groups in total. The summed E-state index contributed by atoms with van der Waals surface area (Å²) < 4.78 is 11.1. The Kier molecular flexibility index (Phi) is 5.94. The van der Waals surface area contributed by atoms with Crippen molar-refractivity contribution in [1.29, 1.82) is 0 Å². The van der Waals surface area contributed by atoms with Crippen molar-refractivity contribution in [3.63, 3.8) is 0 Å². The second-order valence-corrected chi connectivity index (χ2v) is 6.31. The van der Waals surface area contributed by atoms with Crippen LogP contribution < -0.4 is 5.73 Å². The standard InChI is InChI=1S/C8H19NO3Si/c1-4-11-13(3,12-5-2)7-6-8(9)10/h4-7H2,1-3H3,(H2,9,10). The quantitative estimate of drug-likeness (QED) is 0.631. The number of rotatable bonds is 7. The van der Waals surface area contributed by atoms with Crippen LogP contribution in [0.5, 0.6) is 0 Å². The zero-order valence-electron chi connectivity index (χ0n) is 8.63. The molecule has 4 nitrogen and oxygen atoms in total. The van der Waals surface area contributed by atoms with Gasteiger partial charge in [0.2, 0.25) is 5.91 Å². The highest BCUT2D eigenvalue weighted by Gasteiger charge is 2.30. The van der Waals surface area contributed by atoms with Gasteiger partial charge in [0.15, 0.2) is 0 Å². The van der Waals surface area contributed by atoms with Crippen LogP contribution in [0.4, 0.5) is 0 Å². The third-order valence-corrected chi connectivity index (χ3v) is 4.68. The van der Waals surface area contributed by atoms with E-state index in [0.717, 1.165) is 0 Å². The number of carbonyl (C=O) groups excluding carboxylic acids is 1. The molecular formula is C8H19NO3Si. The van der Waals surface area contributed by atoms with Crippen LogP contribution in [0, 0.1) is 0 Å². The van der Waals surface area contributed by atoms with E-state index in [1.165, 1.54) is 0 Å². The minimum Gasteiger partial charge on any atom is -0.395 e. The second-order valence-electron chi connectivity index (χ2n) is 2.97. The lowest BCUT2D eigenvalue weighted by Gasteiger charge is -2.25. The Hall–Kier alpha value is -0.393. The molecule has 1 amide bonds. The predicted molar refractivity (Wildman–Crippen MR) is 53.5 cm³/mol. The Morgan fingerprint density at radius 2 is 1.77 bits per heavy atom. The van der Waals surface area contributed by atoms with Gasteiger partial charge in [-0.15, -0.1) is 0 Å². The molecule has 0 aliphatic carbocycles. The van der Waals surface area contributed by atoms with Crippen LogP contribution in [0.3, 0.4) is 0 Å². The molecule has 13 heavy (non-hydrogen) atoms. The molecule has 0 aliphatic rings. The number of carbonyl (C=O) groups is 1. The molecule has 0 aromatic carbocycles. The monoisotopic (exact) mass is 205 g/mol. The summed E-state index contributed by atoms with van der Waals surface area (Å²) in [5.41, 5.74) is 5.06. The maximum atomic E-state index is 10.6. The maximum absolute atomic E-state index is 10.6. The highest BCUT2D eigenvalue weighted by molar-refractivity contribution is 6.66. The van der Waals surface area contributed by atoms with Crippen molar-refractivity contribution in [2.75, 3.05) is 13.2 Å². The largest absolute Gasteiger partial charge is 0.395 e. The molecule has 0 atom stereocenters. The fraction of sp³-hybridized carbons (Fsp3) is 0.875. The van der Waals surface area contributed by atoms with Crippen molar-refractivity contribution >= 4 is 14.5 Å². The van der Waals surface area contributed by atoms with Crippen LogP contribution in [0.2, 0.25) is 12.6 Å². The molecule has 0 aromatic rings. The summed E-state index contributed by atoms with van der Waals surface area (Å²) >= 11 is 0. The highest BCUT2D eigenvalue weighted by Crippen LogP contribution is 2.15. The van der Waals surface area contributed by atoms with E-state index in [1.54, 1.807) is 0 Å². The molecule has 0 radical (unpaired) electrons. The molecule has 0 heterocycles. The van der Waals surface area contributed by atoms with Gasteiger partial charge in [0.25, 0.3) is 0 Å². The molecule has 78 valence electrons. The number of primary amides is 1. The van der Waals surface area contributed by atoms with Crippen molar-refractivity contribution in [3.05, 3.63) is 0 Å². The van der Waals surface area contributed by atoms with Gasteiger partial charge in [0.1, 0.15) is 0 Å². The van der Waals surface area contributed by atoms with E-state index in [2.05, 4.69) is 0 Å². The van der Waals surface area contributed by atoms with Crippen LogP contribution in [0.1, 0.15) is 20.3 Å². The van der Waals surface area contributed by atoms with Crippen LogP contribution in [-0.2, 0) is 13.6 Å². The molecule has 0 rings (SSSR count). The Morgan fingerprint density at radius 1 is 1.31 bits per heavy atom. The topological polar surface area (TPSA) is 61.5 Å². The summed E-state index contributed by atoms with van der Waals surface area (Å²) in [5, 5.41) is 0. The number of nitrogens with two attached hydrogens (primary N) is 1. The Balaban J connectivity index is 3.98. The van der Waals surface area contributed by atoms with Crippen molar-refractivity contribution in [1.82, 2.24) is 0 Å². The number of amides is 1. The van der Waals surface area contributed by atoms with E-state index in [-0.39, 0.29) is 5.91 Å². The lowest BCUT2D eigenvalue weighted by molar-refractivity contribution is -0.117. The molecule has 0 spiro atoms. The van der Waals surface area contributed by atoms with Gasteiger partial charge < -0.3 is 14.6 Å². The van der Waals surface area contributed by atoms with Gasteiger partial charge in [-0.2, -0.15) is 0 Å². The minimum atomic E-state index is -2.11. The van der Waals surface area contributed by atoms with E-state index >= 15 is 0 Å². The van der Waals surface area contributed by atoms with Crippen molar-refractivity contribution in [2.45, 2.75) is 32.9 Å². The molecule has 5 heteroatoms. The van der Waals surface area contributed by atoms with E-state index < -0.39 is 8.56 Å². The molecular weight excluding hydrogens is 186 g/mol. The summed E-state index contributed by atoms with van der Waals surface area (Å²) in [6.45, 7) is 7.06. The van der Waals surface area contributed by atoms with Gasteiger partial charge in [0.05, 0.1) is 0 Å². The summed E-state index contributed by atoms with van der Waals surface area (Å²) in [6, 6.07) is 0.643. The first-order valence-corrected chi connectivity index (χ1v) is 7.12. The lowest BCUT2D eigenvalue weighted by atomic mass is 10.5. The fourth-order valence-electron chi connectivity index (χ4n) is 1.15. The summed E-state index contributed by atoms with van der Waals surface area (Å²) in [4.78, 5) is 10.6. The van der Waals surface area contributed by atoms with Gasteiger partial charge in [-0.3, -0.25) is 4.79 Å². The summed E-state index contributed by atoms with van der Waals surface area (Å²) in [5.74, 6) is -0.293. The van der Waals surface area contributed by atoms with E-state index in [4.69, 9.17) is 14.6 Å². The van der Waals surface area contributed by atoms with Gasteiger partial charge in [0, 0.05) is 19.6 Å².